The summed E-state index contributed by atoms with van der Waals surface area (Å²) in [6, 6.07) is 2.89. The molecule has 2 heterocycles. The highest BCUT2D eigenvalue weighted by atomic mass is 79.9. The number of aromatic nitrogens is 1. The van der Waals surface area contributed by atoms with Crippen LogP contribution in [0.3, 0.4) is 0 Å². The second kappa shape index (κ2) is 7.00. The number of amides is 1. The molecule has 2 unspecified atom stereocenters. The van der Waals surface area contributed by atoms with E-state index in [1.807, 2.05) is 6.92 Å². The predicted molar refractivity (Wildman–Crippen MR) is 82.0 cm³/mol. The smallest absolute Gasteiger partial charge is 0.320 e. The largest absolute Gasteiger partial charge is 0.480 e. The SMILES string of the molecule is CC1CCN(CC(=O)Nc2ccc(Br)cn2)C(C(=O)O)C1. The Kier molecular flexibility index (Phi) is 5.30. The van der Waals surface area contributed by atoms with E-state index in [0.717, 1.165) is 10.9 Å². The van der Waals surface area contributed by atoms with E-state index in [2.05, 4.69) is 26.2 Å². The van der Waals surface area contributed by atoms with Gasteiger partial charge in [-0.3, -0.25) is 14.5 Å². The molecule has 6 nitrogen and oxygen atoms in total. The van der Waals surface area contributed by atoms with Crippen molar-refractivity contribution >= 4 is 33.6 Å². The van der Waals surface area contributed by atoms with Gasteiger partial charge in [-0.05, 0) is 53.4 Å². The van der Waals surface area contributed by atoms with Crippen LogP contribution in [0.5, 0.6) is 0 Å². The molecule has 1 aliphatic heterocycles. The number of hydrogen-bond donors (Lipinski definition) is 2. The zero-order valence-corrected chi connectivity index (χ0v) is 13.3. The molecule has 0 aliphatic carbocycles. The van der Waals surface area contributed by atoms with Crippen molar-refractivity contribution in [2.75, 3.05) is 18.4 Å². The summed E-state index contributed by atoms with van der Waals surface area (Å²) in [6.07, 6.45) is 3.09. The van der Waals surface area contributed by atoms with Crippen LogP contribution in [0.1, 0.15) is 19.8 Å². The summed E-state index contributed by atoms with van der Waals surface area (Å²) < 4.78 is 0.830. The summed E-state index contributed by atoms with van der Waals surface area (Å²) in [5, 5.41) is 12.0. The molecular formula is C14H18BrN3O3. The van der Waals surface area contributed by atoms with E-state index in [9.17, 15) is 14.7 Å². The number of aliphatic carboxylic acids is 1. The minimum absolute atomic E-state index is 0.0709. The summed E-state index contributed by atoms with van der Waals surface area (Å²) in [6.45, 7) is 2.74. The van der Waals surface area contributed by atoms with Gasteiger partial charge >= 0.3 is 5.97 Å². The number of rotatable bonds is 4. The third-order valence-corrected chi connectivity index (χ3v) is 4.07. The second-order valence-corrected chi connectivity index (χ2v) is 6.28. The number of carbonyl (C=O) groups is 2. The molecule has 1 fully saturated rings. The van der Waals surface area contributed by atoms with Crippen molar-refractivity contribution in [3.8, 4) is 0 Å². The first-order chi connectivity index (χ1) is 9.95. The molecule has 21 heavy (non-hydrogen) atoms. The molecule has 1 aromatic rings. The molecule has 0 radical (unpaired) electrons. The van der Waals surface area contributed by atoms with Gasteiger partial charge in [0.05, 0.1) is 6.54 Å². The molecule has 1 saturated heterocycles. The van der Waals surface area contributed by atoms with Crippen LogP contribution >= 0.6 is 15.9 Å². The number of carboxylic acid groups (broad SMARTS) is 1. The van der Waals surface area contributed by atoms with E-state index < -0.39 is 12.0 Å². The number of nitrogens with zero attached hydrogens (tertiary/aromatic N) is 2. The van der Waals surface area contributed by atoms with Crippen LogP contribution in [0.4, 0.5) is 5.82 Å². The van der Waals surface area contributed by atoms with E-state index in [1.165, 1.54) is 0 Å². The number of nitrogens with one attached hydrogen (secondary N) is 1. The van der Waals surface area contributed by atoms with Crippen LogP contribution in [0.2, 0.25) is 0 Å². The van der Waals surface area contributed by atoms with Crippen molar-refractivity contribution in [2.24, 2.45) is 5.92 Å². The first kappa shape index (κ1) is 15.9. The standard InChI is InChI=1S/C14H18BrN3O3/c1-9-4-5-18(11(6-9)14(20)21)8-13(19)17-12-3-2-10(15)7-16-12/h2-3,7,9,11H,4-6,8H2,1H3,(H,20,21)(H,16,17,19). The van der Waals surface area contributed by atoms with Gasteiger partial charge < -0.3 is 10.4 Å². The lowest BCUT2D eigenvalue weighted by Crippen LogP contribution is -2.49. The Bertz CT molecular complexity index is 521. The van der Waals surface area contributed by atoms with Gasteiger partial charge in [-0.25, -0.2) is 4.98 Å². The van der Waals surface area contributed by atoms with Gasteiger partial charge in [0.25, 0.3) is 0 Å². The number of likely N-dealkylation sites (tertiary alicyclic amines) is 1. The minimum atomic E-state index is -0.865. The second-order valence-electron chi connectivity index (χ2n) is 5.36. The maximum Gasteiger partial charge on any atom is 0.320 e. The number of hydrogen-bond acceptors (Lipinski definition) is 4. The monoisotopic (exact) mass is 355 g/mol. The van der Waals surface area contributed by atoms with Crippen LogP contribution in [0.15, 0.2) is 22.8 Å². The molecule has 7 heteroatoms. The molecule has 1 aromatic heterocycles. The molecule has 1 aliphatic rings. The van der Waals surface area contributed by atoms with Crippen LogP contribution < -0.4 is 5.32 Å². The maximum atomic E-state index is 12.0. The average molecular weight is 356 g/mol. The van der Waals surface area contributed by atoms with Crippen LogP contribution in [0, 0.1) is 5.92 Å². The van der Waals surface area contributed by atoms with Crippen molar-refractivity contribution in [2.45, 2.75) is 25.8 Å². The van der Waals surface area contributed by atoms with E-state index >= 15 is 0 Å². The van der Waals surface area contributed by atoms with Gasteiger partial charge in [-0.2, -0.15) is 0 Å². The highest BCUT2D eigenvalue weighted by molar-refractivity contribution is 9.10. The fourth-order valence-electron chi connectivity index (χ4n) is 2.45. The molecule has 0 aromatic carbocycles. The van der Waals surface area contributed by atoms with E-state index in [0.29, 0.717) is 24.7 Å². The number of carbonyl (C=O) groups excluding carboxylic acids is 1. The van der Waals surface area contributed by atoms with Gasteiger partial charge in [0, 0.05) is 10.7 Å². The van der Waals surface area contributed by atoms with Gasteiger partial charge in [0.15, 0.2) is 0 Å². The molecule has 2 N–H and O–H groups in total. The quantitative estimate of drug-likeness (QED) is 0.862. The fourth-order valence-corrected chi connectivity index (χ4v) is 2.69. The van der Waals surface area contributed by atoms with Gasteiger partial charge in [-0.1, -0.05) is 6.92 Å². The van der Waals surface area contributed by atoms with Crippen molar-refractivity contribution in [1.82, 2.24) is 9.88 Å². The molecule has 1 amide bonds. The number of piperidine rings is 1. The molecule has 114 valence electrons. The predicted octanol–water partition coefficient (Wildman–Crippen LogP) is 1.97. The summed E-state index contributed by atoms with van der Waals surface area (Å²) >= 11 is 3.27. The number of carboxylic acids is 1. The molecule has 2 atom stereocenters. The molecular weight excluding hydrogens is 338 g/mol. The maximum absolute atomic E-state index is 12.0. The summed E-state index contributed by atoms with van der Waals surface area (Å²) in [7, 11) is 0. The normalized spacial score (nSPS) is 22.8. The van der Waals surface area contributed by atoms with E-state index in [4.69, 9.17) is 0 Å². The summed E-state index contributed by atoms with van der Waals surface area (Å²) in [5.74, 6) is -0.277. The third kappa shape index (κ3) is 4.50. The van der Waals surface area contributed by atoms with Gasteiger partial charge in [0.2, 0.25) is 5.91 Å². The van der Waals surface area contributed by atoms with E-state index in [-0.39, 0.29) is 12.5 Å². The number of anilines is 1. The van der Waals surface area contributed by atoms with E-state index in [1.54, 1.807) is 23.2 Å². The third-order valence-electron chi connectivity index (χ3n) is 3.60. The highest BCUT2D eigenvalue weighted by Crippen LogP contribution is 2.22. The average Bonchev–Trinajstić information content (AvgIpc) is 2.43. The van der Waals surface area contributed by atoms with Crippen molar-refractivity contribution < 1.29 is 14.7 Å². The minimum Gasteiger partial charge on any atom is -0.480 e. The summed E-state index contributed by atoms with van der Waals surface area (Å²) in [5.41, 5.74) is 0. The Morgan fingerprint density at radius 2 is 2.29 bits per heavy atom. The fraction of sp³-hybridized carbons (Fsp3) is 0.500. The lowest BCUT2D eigenvalue weighted by atomic mass is 9.92. The highest BCUT2D eigenvalue weighted by Gasteiger charge is 2.32. The lowest BCUT2D eigenvalue weighted by molar-refractivity contribution is -0.145. The van der Waals surface area contributed by atoms with Crippen LogP contribution in [-0.2, 0) is 9.59 Å². The van der Waals surface area contributed by atoms with Crippen molar-refractivity contribution in [3.05, 3.63) is 22.8 Å². The Morgan fingerprint density at radius 3 is 2.90 bits per heavy atom. The van der Waals surface area contributed by atoms with Gasteiger partial charge in [0.1, 0.15) is 11.9 Å². The topological polar surface area (TPSA) is 82.5 Å². The van der Waals surface area contributed by atoms with Crippen LogP contribution in [0.25, 0.3) is 0 Å². The summed E-state index contributed by atoms with van der Waals surface area (Å²) in [4.78, 5) is 29.1. The first-order valence-electron chi connectivity index (χ1n) is 6.84. The molecule has 0 spiro atoms. The van der Waals surface area contributed by atoms with Crippen molar-refractivity contribution in [1.29, 1.82) is 0 Å². The lowest BCUT2D eigenvalue weighted by Gasteiger charge is -2.35. The zero-order valence-electron chi connectivity index (χ0n) is 11.8. The van der Waals surface area contributed by atoms with Crippen LogP contribution in [-0.4, -0.2) is 46.0 Å². The Labute approximate surface area is 131 Å². The number of pyridine rings is 1. The molecule has 0 bridgehead atoms. The first-order valence-corrected chi connectivity index (χ1v) is 7.63. The number of halogens is 1. The molecule has 0 saturated carbocycles. The molecule has 2 rings (SSSR count). The van der Waals surface area contributed by atoms with Crippen molar-refractivity contribution in [3.63, 3.8) is 0 Å². The zero-order chi connectivity index (χ0) is 15.4. The Hall–Kier alpha value is -1.47. The van der Waals surface area contributed by atoms with Gasteiger partial charge in [-0.15, -0.1) is 0 Å². The Morgan fingerprint density at radius 1 is 1.52 bits per heavy atom. The Balaban J connectivity index is 1.94.